The number of carbonyl (C=O) groups is 2. The lowest BCUT2D eigenvalue weighted by Crippen LogP contribution is -2.42. The van der Waals surface area contributed by atoms with Crippen LogP contribution in [0.15, 0.2) is 45.3 Å². The van der Waals surface area contributed by atoms with E-state index in [2.05, 4.69) is 10.9 Å². The van der Waals surface area contributed by atoms with E-state index in [4.69, 9.17) is 19.2 Å². The van der Waals surface area contributed by atoms with Crippen molar-refractivity contribution in [3.63, 3.8) is 0 Å². The van der Waals surface area contributed by atoms with Crippen molar-refractivity contribution in [1.29, 1.82) is 5.26 Å². The van der Waals surface area contributed by atoms with Gasteiger partial charge in [0.2, 0.25) is 0 Å². The minimum Gasteiger partial charge on any atom is -0.481 e. The van der Waals surface area contributed by atoms with E-state index in [1.807, 2.05) is 0 Å². The molecule has 1 atom stereocenters. The van der Waals surface area contributed by atoms with Gasteiger partial charge in [-0.15, -0.1) is 0 Å². The van der Waals surface area contributed by atoms with Crippen LogP contribution in [0, 0.1) is 18.3 Å². The summed E-state index contributed by atoms with van der Waals surface area (Å²) in [7, 11) is 0. The molecule has 9 heteroatoms. The predicted molar refractivity (Wildman–Crippen MR) is 98.9 cm³/mol. The van der Waals surface area contributed by atoms with Gasteiger partial charge >= 0.3 is 11.6 Å². The van der Waals surface area contributed by atoms with Crippen LogP contribution in [0.3, 0.4) is 0 Å². The van der Waals surface area contributed by atoms with Crippen LogP contribution in [0.1, 0.15) is 19.4 Å². The number of fused-ring (bicyclic) bond motifs is 1. The molecule has 146 valence electrons. The van der Waals surface area contributed by atoms with Crippen molar-refractivity contribution in [1.82, 2.24) is 10.9 Å². The van der Waals surface area contributed by atoms with Gasteiger partial charge in [0.15, 0.2) is 11.7 Å². The number of hydrogen-bond acceptors (Lipinski definition) is 8. The Labute approximate surface area is 160 Å². The predicted octanol–water partition coefficient (Wildman–Crippen LogP) is 1.46. The number of nitriles is 1. The lowest BCUT2D eigenvalue weighted by atomic mass is 10.1. The fourth-order valence-electron chi connectivity index (χ4n) is 2.26. The summed E-state index contributed by atoms with van der Waals surface area (Å²) in [6, 6.07) is 7.96. The van der Waals surface area contributed by atoms with Gasteiger partial charge in [-0.25, -0.2) is 9.59 Å². The average Bonchev–Trinajstić information content (AvgIpc) is 2.64. The molecule has 0 aliphatic carbocycles. The second kappa shape index (κ2) is 9.23. The van der Waals surface area contributed by atoms with Crippen molar-refractivity contribution in [3.05, 3.63) is 52.0 Å². The van der Waals surface area contributed by atoms with E-state index < -0.39 is 23.6 Å². The SMILES string of the molecule is CCOC(=O)/C(C#N)=C/NNC(=O)[C@H](C)Oc1ccc2c(C)cc(=O)oc2c1. The first kappa shape index (κ1) is 20.5. The standard InChI is InChI=1S/C19H19N3O6/c1-4-26-19(25)13(9-20)10-21-22-18(24)12(3)27-14-5-6-15-11(2)7-17(23)28-16(15)8-14/h5-8,10,12,21H,4H2,1-3H3,(H,22,24)/b13-10+/t12-/m0/s1. The fraction of sp³-hybridized carbons (Fsp3) is 0.263. The van der Waals surface area contributed by atoms with Gasteiger partial charge in [-0.2, -0.15) is 5.26 Å². The summed E-state index contributed by atoms with van der Waals surface area (Å²) in [6.45, 7) is 5.04. The first-order valence-corrected chi connectivity index (χ1v) is 8.39. The third kappa shape index (κ3) is 5.11. The molecular formula is C19H19N3O6. The second-order valence-electron chi connectivity index (χ2n) is 5.69. The van der Waals surface area contributed by atoms with Crippen molar-refractivity contribution in [2.45, 2.75) is 26.9 Å². The monoisotopic (exact) mass is 385 g/mol. The van der Waals surface area contributed by atoms with Gasteiger partial charge in [0.25, 0.3) is 5.91 Å². The molecule has 1 heterocycles. The fourth-order valence-corrected chi connectivity index (χ4v) is 2.26. The highest BCUT2D eigenvalue weighted by Crippen LogP contribution is 2.22. The number of nitrogens with zero attached hydrogens (tertiary/aromatic N) is 1. The molecule has 0 saturated carbocycles. The van der Waals surface area contributed by atoms with E-state index in [0.717, 1.165) is 17.1 Å². The van der Waals surface area contributed by atoms with Crippen LogP contribution >= 0.6 is 0 Å². The number of hydrazine groups is 1. The lowest BCUT2D eigenvalue weighted by Gasteiger charge is -2.15. The normalized spacial score (nSPS) is 12.0. The summed E-state index contributed by atoms with van der Waals surface area (Å²) >= 11 is 0. The number of hydrogen-bond donors (Lipinski definition) is 2. The Morgan fingerprint density at radius 2 is 2.11 bits per heavy atom. The van der Waals surface area contributed by atoms with E-state index >= 15 is 0 Å². The molecule has 1 amide bonds. The molecule has 0 spiro atoms. The molecule has 0 radical (unpaired) electrons. The molecule has 9 nitrogen and oxygen atoms in total. The maximum Gasteiger partial charge on any atom is 0.350 e. The molecule has 1 aromatic carbocycles. The number of aryl methyl sites for hydroxylation is 1. The smallest absolute Gasteiger partial charge is 0.350 e. The van der Waals surface area contributed by atoms with Crippen molar-refractivity contribution in [2.24, 2.45) is 0 Å². The van der Waals surface area contributed by atoms with Crippen molar-refractivity contribution < 1.29 is 23.5 Å². The van der Waals surface area contributed by atoms with Crippen LogP contribution in [0.25, 0.3) is 11.0 Å². The lowest BCUT2D eigenvalue weighted by molar-refractivity contribution is -0.138. The van der Waals surface area contributed by atoms with E-state index in [0.29, 0.717) is 11.3 Å². The average molecular weight is 385 g/mol. The Kier molecular flexibility index (Phi) is 6.76. The Morgan fingerprint density at radius 3 is 2.79 bits per heavy atom. The first-order valence-electron chi connectivity index (χ1n) is 8.39. The number of ether oxygens (including phenoxy) is 2. The van der Waals surface area contributed by atoms with Gasteiger partial charge < -0.3 is 19.3 Å². The molecule has 0 bridgehead atoms. The van der Waals surface area contributed by atoms with Crippen LogP contribution in [-0.4, -0.2) is 24.6 Å². The molecule has 1 aromatic heterocycles. The number of benzene rings is 1. The molecular weight excluding hydrogens is 366 g/mol. The van der Waals surface area contributed by atoms with E-state index in [9.17, 15) is 14.4 Å². The van der Waals surface area contributed by atoms with Gasteiger partial charge in [0.1, 0.15) is 17.4 Å². The summed E-state index contributed by atoms with van der Waals surface area (Å²) in [4.78, 5) is 35.0. The highest BCUT2D eigenvalue weighted by Gasteiger charge is 2.15. The molecule has 0 fully saturated rings. The molecule has 0 saturated heterocycles. The topological polar surface area (TPSA) is 131 Å². The summed E-state index contributed by atoms with van der Waals surface area (Å²) < 4.78 is 15.4. The Balaban J connectivity index is 2.00. The van der Waals surface area contributed by atoms with Crippen LogP contribution < -0.4 is 21.2 Å². The van der Waals surface area contributed by atoms with Crippen LogP contribution in [0.4, 0.5) is 0 Å². The third-order valence-electron chi connectivity index (χ3n) is 3.63. The zero-order valence-corrected chi connectivity index (χ0v) is 15.6. The van der Waals surface area contributed by atoms with Crippen LogP contribution in [0.5, 0.6) is 5.75 Å². The Hall–Kier alpha value is -3.80. The highest BCUT2D eigenvalue weighted by atomic mass is 16.5. The largest absolute Gasteiger partial charge is 0.481 e. The van der Waals surface area contributed by atoms with E-state index in [-0.39, 0.29) is 12.2 Å². The third-order valence-corrected chi connectivity index (χ3v) is 3.63. The number of amides is 1. The molecule has 0 aliphatic heterocycles. The minimum absolute atomic E-state index is 0.125. The first-order chi connectivity index (χ1) is 13.3. The van der Waals surface area contributed by atoms with Gasteiger partial charge in [-0.1, -0.05) is 0 Å². The molecule has 0 unspecified atom stereocenters. The number of esters is 1. The van der Waals surface area contributed by atoms with Crippen molar-refractivity contribution >= 4 is 22.8 Å². The number of rotatable bonds is 7. The zero-order chi connectivity index (χ0) is 20.7. The summed E-state index contributed by atoms with van der Waals surface area (Å²) in [5.41, 5.74) is 5.01. The second-order valence-corrected chi connectivity index (χ2v) is 5.69. The molecule has 2 aromatic rings. The molecule has 0 aliphatic rings. The van der Waals surface area contributed by atoms with Crippen molar-refractivity contribution in [2.75, 3.05) is 6.61 Å². The van der Waals surface area contributed by atoms with Crippen LogP contribution in [-0.2, 0) is 14.3 Å². The number of nitrogens with one attached hydrogen (secondary N) is 2. The highest BCUT2D eigenvalue weighted by molar-refractivity contribution is 5.92. The molecule has 2 rings (SSSR count). The molecule has 2 N–H and O–H groups in total. The van der Waals surface area contributed by atoms with Gasteiger partial charge in [-0.3, -0.25) is 10.2 Å². The maximum atomic E-state index is 12.1. The Morgan fingerprint density at radius 1 is 1.36 bits per heavy atom. The number of carbonyl (C=O) groups excluding carboxylic acids is 2. The quantitative estimate of drug-likeness (QED) is 0.241. The summed E-state index contributed by atoms with van der Waals surface area (Å²) in [5.74, 6) is -1.02. The zero-order valence-electron chi connectivity index (χ0n) is 15.6. The van der Waals surface area contributed by atoms with Gasteiger partial charge in [0.05, 0.1) is 6.61 Å². The van der Waals surface area contributed by atoms with Gasteiger partial charge in [-0.05, 0) is 38.5 Å². The minimum atomic E-state index is -0.914. The van der Waals surface area contributed by atoms with E-state index in [1.54, 1.807) is 32.0 Å². The maximum absolute atomic E-state index is 12.1. The van der Waals surface area contributed by atoms with Crippen LogP contribution in [0.2, 0.25) is 0 Å². The van der Waals surface area contributed by atoms with E-state index in [1.165, 1.54) is 19.1 Å². The summed E-state index contributed by atoms with van der Waals surface area (Å²) in [5, 5.41) is 9.65. The van der Waals surface area contributed by atoms with Crippen molar-refractivity contribution in [3.8, 4) is 11.8 Å². The Bertz CT molecular complexity index is 1020. The summed E-state index contributed by atoms with van der Waals surface area (Å²) in [6.07, 6.45) is 0.110. The van der Waals surface area contributed by atoms with Gasteiger partial charge in [0, 0.05) is 23.7 Å². The molecule has 28 heavy (non-hydrogen) atoms.